The van der Waals surface area contributed by atoms with E-state index >= 15 is 0 Å². The summed E-state index contributed by atoms with van der Waals surface area (Å²) < 4.78 is 23.3. The maximum atomic E-state index is 12.8. The quantitative estimate of drug-likeness (QED) is 0.220. The molecular formula is C27H28N8O5S. The Morgan fingerprint density at radius 2 is 1.73 bits per heavy atom. The fourth-order valence-corrected chi connectivity index (χ4v) is 5.03. The highest BCUT2D eigenvalue weighted by Gasteiger charge is 2.21. The van der Waals surface area contributed by atoms with Crippen LogP contribution in [0.5, 0.6) is 17.2 Å². The third-order valence-corrected chi connectivity index (χ3v) is 7.14. The van der Waals surface area contributed by atoms with Crippen LogP contribution in [0.3, 0.4) is 0 Å². The van der Waals surface area contributed by atoms with Crippen LogP contribution in [0.4, 0.5) is 22.3 Å². The van der Waals surface area contributed by atoms with Crippen molar-refractivity contribution in [2.45, 2.75) is 13.8 Å². The third-order valence-electron chi connectivity index (χ3n) is 6.16. The van der Waals surface area contributed by atoms with E-state index in [1.54, 1.807) is 45.5 Å². The first-order valence-corrected chi connectivity index (χ1v) is 13.1. The standard InChI is InChI=1S/C27H28N8O5S/c1-13-7-8-15(29-25(36)18-9-14(2)33-35(18)3)10-17(13)24-32-26(40-34-24)22-23(28)31-27(41-22)30-16-11-19(37-4)21(39-6)20(12-16)38-5/h7-12H,28H2,1-6H3,(H,29,36)(H,30,31). The van der Waals surface area contributed by atoms with Crippen molar-refractivity contribution in [2.75, 3.05) is 37.7 Å². The Balaban J connectivity index is 1.38. The van der Waals surface area contributed by atoms with Gasteiger partial charge in [-0.2, -0.15) is 10.1 Å². The number of aryl methyl sites for hydroxylation is 3. The van der Waals surface area contributed by atoms with Crippen LogP contribution in [0.1, 0.15) is 21.7 Å². The number of ether oxygens (including phenoxy) is 3. The van der Waals surface area contributed by atoms with Crippen LogP contribution < -0.4 is 30.6 Å². The molecule has 0 aliphatic heterocycles. The predicted molar refractivity (Wildman–Crippen MR) is 155 cm³/mol. The van der Waals surface area contributed by atoms with Gasteiger partial charge in [0.15, 0.2) is 16.6 Å². The molecule has 0 unspecified atom stereocenters. The minimum Gasteiger partial charge on any atom is -0.493 e. The van der Waals surface area contributed by atoms with Gasteiger partial charge in [-0.05, 0) is 37.6 Å². The highest BCUT2D eigenvalue weighted by atomic mass is 32.1. The number of anilines is 4. The van der Waals surface area contributed by atoms with Crippen LogP contribution in [0.25, 0.3) is 22.2 Å². The summed E-state index contributed by atoms with van der Waals surface area (Å²) >= 11 is 1.25. The van der Waals surface area contributed by atoms with Crippen LogP contribution >= 0.6 is 11.3 Å². The smallest absolute Gasteiger partial charge is 0.273 e. The second-order valence-electron chi connectivity index (χ2n) is 8.97. The molecule has 4 N–H and O–H groups in total. The molecule has 0 atom stereocenters. The van der Waals surface area contributed by atoms with E-state index in [-0.39, 0.29) is 17.6 Å². The Kier molecular flexibility index (Phi) is 7.48. The number of hydrogen-bond acceptors (Lipinski definition) is 12. The summed E-state index contributed by atoms with van der Waals surface area (Å²) in [6.07, 6.45) is 0. The number of methoxy groups -OCH3 is 3. The van der Waals surface area contributed by atoms with Crippen LogP contribution in [0, 0.1) is 13.8 Å². The fraction of sp³-hybridized carbons (Fsp3) is 0.222. The van der Waals surface area contributed by atoms with Crippen molar-refractivity contribution in [3.8, 4) is 39.4 Å². The maximum Gasteiger partial charge on any atom is 0.273 e. The summed E-state index contributed by atoms with van der Waals surface area (Å²) in [6.45, 7) is 3.75. The lowest BCUT2D eigenvalue weighted by Gasteiger charge is -2.14. The van der Waals surface area contributed by atoms with Crippen molar-refractivity contribution in [1.29, 1.82) is 0 Å². The minimum absolute atomic E-state index is 0.215. The normalized spacial score (nSPS) is 10.9. The molecule has 0 bridgehead atoms. The second-order valence-corrected chi connectivity index (χ2v) is 9.97. The van der Waals surface area contributed by atoms with E-state index in [0.717, 1.165) is 11.3 Å². The molecule has 212 valence electrons. The van der Waals surface area contributed by atoms with E-state index in [2.05, 4.69) is 30.9 Å². The zero-order valence-electron chi connectivity index (χ0n) is 23.2. The molecule has 0 fully saturated rings. The Hall–Kier alpha value is -5.11. The fourth-order valence-electron chi connectivity index (χ4n) is 4.20. The molecule has 0 saturated carbocycles. The molecule has 3 aromatic heterocycles. The zero-order chi connectivity index (χ0) is 29.3. The minimum atomic E-state index is -0.277. The first-order valence-electron chi connectivity index (χ1n) is 12.3. The summed E-state index contributed by atoms with van der Waals surface area (Å²) in [7, 11) is 6.35. The van der Waals surface area contributed by atoms with E-state index in [9.17, 15) is 4.79 Å². The molecule has 0 saturated heterocycles. The van der Waals surface area contributed by atoms with E-state index in [4.69, 9.17) is 24.5 Å². The van der Waals surface area contributed by atoms with Gasteiger partial charge >= 0.3 is 0 Å². The number of nitrogens with two attached hydrogens (primary N) is 1. The van der Waals surface area contributed by atoms with E-state index in [1.165, 1.54) is 23.1 Å². The van der Waals surface area contributed by atoms with Gasteiger partial charge in [0, 0.05) is 36.1 Å². The van der Waals surface area contributed by atoms with Crippen molar-refractivity contribution in [1.82, 2.24) is 24.9 Å². The average Bonchev–Trinajstić information content (AvgIpc) is 3.67. The first kappa shape index (κ1) is 27.5. The summed E-state index contributed by atoms with van der Waals surface area (Å²) in [5.74, 6) is 1.97. The maximum absolute atomic E-state index is 12.8. The van der Waals surface area contributed by atoms with Crippen LogP contribution in [0.15, 0.2) is 40.9 Å². The van der Waals surface area contributed by atoms with Gasteiger partial charge < -0.3 is 35.1 Å². The van der Waals surface area contributed by atoms with Gasteiger partial charge in [-0.1, -0.05) is 22.6 Å². The summed E-state index contributed by atoms with van der Waals surface area (Å²) in [6, 6.07) is 10.7. The van der Waals surface area contributed by atoms with Crippen LogP contribution in [0.2, 0.25) is 0 Å². The number of nitrogens with zero attached hydrogens (tertiary/aromatic N) is 5. The number of benzene rings is 2. The Labute approximate surface area is 239 Å². The van der Waals surface area contributed by atoms with Crippen molar-refractivity contribution < 1.29 is 23.5 Å². The molecule has 0 spiro atoms. The van der Waals surface area contributed by atoms with Gasteiger partial charge in [-0.25, -0.2) is 4.98 Å². The number of hydrogen-bond donors (Lipinski definition) is 3. The molecule has 14 heteroatoms. The Morgan fingerprint density at radius 3 is 2.37 bits per heavy atom. The number of carbonyl (C=O) groups excluding carboxylic acids is 1. The van der Waals surface area contributed by atoms with E-state index < -0.39 is 0 Å². The van der Waals surface area contributed by atoms with Crippen molar-refractivity contribution in [3.05, 3.63) is 53.3 Å². The first-order chi connectivity index (χ1) is 19.7. The molecule has 41 heavy (non-hydrogen) atoms. The Bertz CT molecular complexity index is 1720. The van der Waals surface area contributed by atoms with E-state index in [0.29, 0.717) is 55.7 Å². The number of thiazole rings is 1. The van der Waals surface area contributed by atoms with Gasteiger partial charge in [0.1, 0.15) is 16.4 Å². The number of nitrogen functional groups attached to an aromatic ring is 1. The second kappa shape index (κ2) is 11.2. The molecule has 0 radical (unpaired) electrons. The van der Waals surface area contributed by atoms with Gasteiger partial charge in [0.2, 0.25) is 11.6 Å². The molecule has 13 nitrogen and oxygen atoms in total. The Morgan fingerprint density at radius 1 is 1.00 bits per heavy atom. The van der Waals surface area contributed by atoms with Crippen molar-refractivity contribution in [3.63, 3.8) is 0 Å². The van der Waals surface area contributed by atoms with Crippen molar-refractivity contribution in [2.24, 2.45) is 7.05 Å². The molecule has 3 heterocycles. The summed E-state index contributed by atoms with van der Waals surface area (Å²) in [5, 5.41) is 15.0. The number of nitrogens with one attached hydrogen (secondary N) is 2. The molecular weight excluding hydrogens is 548 g/mol. The SMILES string of the molecule is COc1cc(Nc2nc(N)c(-c3nc(-c4cc(NC(=O)c5cc(C)nn5C)ccc4C)no3)s2)cc(OC)c1OC. The highest BCUT2D eigenvalue weighted by Crippen LogP contribution is 2.42. The third kappa shape index (κ3) is 5.49. The number of aromatic nitrogens is 5. The lowest BCUT2D eigenvalue weighted by molar-refractivity contribution is 0.101. The van der Waals surface area contributed by atoms with Crippen molar-refractivity contribution >= 4 is 39.6 Å². The zero-order valence-corrected chi connectivity index (χ0v) is 24.0. The molecule has 5 aromatic rings. The molecule has 2 aromatic carbocycles. The molecule has 1 amide bonds. The summed E-state index contributed by atoms with van der Waals surface area (Å²) in [5.41, 5.74) is 10.2. The predicted octanol–water partition coefficient (Wildman–Crippen LogP) is 4.81. The largest absolute Gasteiger partial charge is 0.493 e. The van der Waals surface area contributed by atoms with Gasteiger partial charge in [-0.15, -0.1) is 0 Å². The number of rotatable bonds is 9. The van der Waals surface area contributed by atoms with Gasteiger partial charge in [0.25, 0.3) is 11.8 Å². The van der Waals surface area contributed by atoms with Gasteiger partial charge in [0.05, 0.1) is 27.0 Å². The number of carbonyl (C=O) groups is 1. The average molecular weight is 577 g/mol. The monoisotopic (exact) mass is 576 g/mol. The molecule has 0 aliphatic carbocycles. The van der Waals surface area contributed by atoms with Crippen LogP contribution in [-0.2, 0) is 7.05 Å². The van der Waals surface area contributed by atoms with Gasteiger partial charge in [-0.3, -0.25) is 9.48 Å². The van der Waals surface area contributed by atoms with Crippen LogP contribution in [-0.4, -0.2) is 52.1 Å². The topological polar surface area (TPSA) is 164 Å². The lowest BCUT2D eigenvalue weighted by atomic mass is 10.1. The molecule has 5 rings (SSSR count). The summed E-state index contributed by atoms with van der Waals surface area (Å²) in [4.78, 5) is 22.3. The van der Waals surface area contributed by atoms with E-state index in [1.807, 2.05) is 26.0 Å². The molecule has 0 aliphatic rings. The highest BCUT2D eigenvalue weighted by molar-refractivity contribution is 7.19. The number of amides is 1. The lowest BCUT2D eigenvalue weighted by Crippen LogP contribution is -2.16.